The number of rotatable bonds is 3. The predicted octanol–water partition coefficient (Wildman–Crippen LogP) is 0.656. The first-order chi connectivity index (χ1) is 5.13. The van der Waals surface area contributed by atoms with Crippen molar-refractivity contribution >= 4 is 21.8 Å². The quantitative estimate of drug-likeness (QED) is 0.415. The molecule has 0 aliphatic heterocycles. The minimum Gasteiger partial charge on any atom is -0.398 e. The largest absolute Gasteiger partial charge is 0.398 e. The van der Waals surface area contributed by atoms with Crippen LogP contribution in [0.3, 0.4) is 0 Å². The standard InChI is InChI=1S/C7H11BrN2O/c1-2-6(9)5(3-4-8)7(10)11/h2-3H,4,9H2,1H3,(H2,10,11)/b5-3+,6-2+. The third-order valence-corrected chi connectivity index (χ3v) is 1.49. The molecule has 0 radical (unpaired) electrons. The lowest BCUT2D eigenvalue weighted by molar-refractivity contribution is -0.114. The molecule has 0 unspecified atom stereocenters. The van der Waals surface area contributed by atoms with E-state index in [1.165, 1.54) is 0 Å². The second kappa shape index (κ2) is 4.96. The zero-order chi connectivity index (χ0) is 8.85. The fraction of sp³-hybridized carbons (Fsp3) is 0.286. The van der Waals surface area contributed by atoms with Gasteiger partial charge in [0.2, 0.25) is 5.91 Å². The molecule has 1 amide bonds. The highest BCUT2D eigenvalue weighted by molar-refractivity contribution is 9.09. The fourth-order valence-electron chi connectivity index (χ4n) is 0.593. The maximum Gasteiger partial charge on any atom is 0.250 e. The Morgan fingerprint density at radius 3 is 2.36 bits per heavy atom. The Hall–Kier alpha value is -0.770. The minimum absolute atomic E-state index is 0.365. The molecule has 0 aromatic heterocycles. The van der Waals surface area contributed by atoms with Gasteiger partial charge in [-0.15, -0.1) is 0 Å². The van der Waals surface area contributed by atoms with Crippen LogP contribution in [0, 0.1) is 0 Å². The van der Waals surface area contributed by atoms with Crippen molar-refractivity contribution in [3.63, 3.8) is 0 Å². The highest BCUT2D eigenvalue weighted by atomic mass is 79.9. The molecule has 0 aromatic rings. The zero-order valence-corrected chi connectivity index (χ0v) is 7.89. The van der Waals surface area contributed by atoms with Gasteiger partial charge in [-0.2, -0.15) is 0 Å². The van der Waals surface area contributed by atoms with Gasteiger partial charge < -0.3 is 11.5 Å². The van der Waals surface area contributed by atoms with Crippen LogP contribution in [-0.2, 0) is 4.79 Å². The van der Waals surface area contributed by atoms with Crippen LogP contribution in [0.2, 0.25) is 0 Å². The summed E-state index contributed by atoms with van der Waals surface area (Å²) in [6.07, 6.45) is 3.27. The average molecular weight is 219 g/mol. The van der Waals surface area contributed by atoms with Gasteiger partial charge in [0.1, 0.15) is 0 Å². The van der Waals surface area contributed by atoms with Crippen molar-refractivity contribution in [2.75, 3.05) is 5.33 Å². The minimum atomic E-state index is -0.500. The van der Waals surface area contributed by atoms with Gasteiger partial charge >= 0.3 is 0 Å². The van der Waals surface area contributed by atoms with Crippen LogP contribution < -0.4 is 11.5 Å². The molecule has 0 fully saturated rings. The molecule has 3 nitrogen and oxygen atoms in total. The van der Waals surface area contributed by atoms with E-state index < -0.39 is 5.91 Å². The number of halogens is 1. The van der Waals surface area contributed by atoms with E-state index >= 15 is 0 Å². The molecule has 0 aromatic carbocycles. The van der Waals surface area contributed by atoms with Crippen LogP contribution in [0.5, 0.6) is 0 Å². The lowest BCUT2D eigenvalue weighted by atomic mass is 10.2. The molecule has 0 heterocycles. The van der Waals surface area contributed by atoms with Crippen LogP contribution in [0.15, 0.2) is 23.4 Å². The molecule has 0 rings (SSSR count). The Morgan fingerprint density at radius 1 is 1.55 bits per heavy atom. The number of nitrogens with two attached hydrogens (primary N) is 2. The van der Waals surface area contributed by atoms with E-state index in [-0.39, 0.29) is 0 Å². The molecule has 4 heteroatoms. The van der Waals surface area contributed by atoms with E-state index in [9.17, 15) is 4.79 Å². The van der Waals surface area contributed by atoms with Crippen molar-refractivity contribution in [1.29, 1.82) is 0 Å². The number of amides is 1. The summed E-state index contributed by atoms with van der Waals surface area (Å²) < 4.78 is 0. The van der Waals surface area contributed by atoms with Gasteiger partial charge in [0.05, 0.1) is 5.57 Å². The van der Waals surface area contributed by atoms with E-state index in [2.05, 4.69) is 15.9 Å². The summed E-state index contributed by atoms with van der Waals surface area (Å²) in [5.41, 5.74) is 11.3. The van der Waals surface area contributed by atoms with Crippen LogP contribution in [0.4, 0.5) is 0 Å². The van der Waals surface area contributed by atoms with Crippen molar-refractivity contribution < 1.29 is 4.79 Å². The summed E-state index contributed by atoms with van der Waals surface area (Å²) >= 11 is 3.15. The van der Waals surface area contributed by atoms with Gasteiger partial charge in [0.25, 0.3) is 0 Å². The van der Waals surface area contributed by atoms with Crippen molar-refractivity contribution in [1.82, 2.24) is 0 Å². The first-order valence-corrected chi connectivity index (χ1v) is 4.23. The van der Waals surface area contributed by atoms with Crippen molar-refractivity contribution in [3.8, 4) is 0 Å². The summed E-state index contributed by atoms with van der Waals surface area (Å²) in [7, 11) is 0. The third-order valence-electron chi connectivity index (χ3n) is 1.17. The number of carbonyl (C=O) groups excluding carboxylic acids is 1. The highest BCUT2D eigenvalue weighted by Gasteiger charge is 2.05. The second-order valence-electron chi connectivity index (χ2n) is 1.88. The maximum atomic E-state index is 10.7. The summed E-state index contributed by atoms with van der Waals surface area (Å²) in [6, 6.07) is 0. The van der Waals surface area contributed by atoms with E-state index in [1.54, 1.807) is 19.1 Å². The molecule has 0 bridgehead atoms. The maximum absolute atomic E-state index is 10.7. The third kappa shape index (κ3) is 3.23. The predicted molar refractivity (Wildman–Crippen MR) is 49.0 cm³/mol. The lowest BCUT2D eigenvalue weighted by Crippen LogP contribution is -2.19. The number of hydrogen-bond donors (Lipinski definition) is 2. The van der Waals surface area contributed by atoms with Crippen LogP contribution >= 0.6 is 15.9 Å². The van der Waals surface area contributed by atoms with Crippen LogP contribution in [0.25, 0.3) is 0 Å². The van der Waals surface area contributed by atoms with Gasteiger partial charge in [-0.1, -0.05) is 28.1 Å². The highest BCUT2D eigenvalue weighted by Crippen LogP contribution is 2.03. The second-order valence-corrected chi connectivity index (χ2v) is 2.53. The Kier molecular flexibility index (Phi) is 4.61. The number of alkyl halides is 1. The Balaban J connectivity index is 4.62. The Morgan fingerprint density at radius 2 is 2.09 bits per heavy atom. The molecule has 0 aliphatic rings. The van der Waals surface area contributed by atoms with Gasteiger partial charge in [-0.3, -0.25) is 4.79 Å². The van der Waals surface area contributed by atoms with Gasteiger partial charge in [-0.05, 0) is 6.92 Å². The number of primary amides is 1. The van der Waals surface area contributed by atoms with Gasteiger partial charge in [-0.25, -0.2) is 0 Å². The monoisotopic (exact) mass is 218 g/mol. The number of carbonyl (C=O) groups is 1. The fourth-order valence-corrected chi connectivity index (χ4v) is 0.917. The Labute approximate surface area is 74.3 Å². The topological polar surface area (TPSA) is 69.1 Å². The molecule has 62 valence electrons. The van der Waals surface area contributed by atoms with Crippen LogP contribution in [0.1, 0.15) is 6.92 Å². The normalized spacial score (nSPS) is 13.3. The van der Waals surface area contributed by atoms with E-state index in [4.69, 9.17) is 11.5 Å². The number of hydrogen-bond acceptors (Lipinski definition) is 2. The van der Waals surface area contributed by atoms with Gasteiger partial charge in [0.15, 0.2) is 0 Å². The summed E-state index contributed by atoms with van der Waals surface area (Å²) in [5.74, 6) is -0.500. The molecular formula is C7H11BrN2O. The summed E-state index contributed by atoms with van der Waals surface area (Å²) in [6.45, 7) is 1.75. The molecule has 0 atom stereocenters. The van der Waals surface area contributed by atoms with Crippen molar-refractivity contribution in [3.05, 3.63) is 23.4 Å². The Bertz CT molecular complexity index is 208. The smallest absolute Gasteiger partial charge is 0.250 e. The van der Waals surface area contributed by atoms with E-state index in [0.29, 0.717) is 16.6 Å². The first-order valence-electron chi connectivity index (χ1n) is 3.11. The van der Waals surface area contributed by atoms with E-state index in [1.807, 2.05) is 0 Å². The van der Waals surface area contributed by atoms with Crippen molar-refractivity contribution in [2.45, 2.75) is 6.92 Å². The van der Waals surface area contributed by atoms with Crippen LogP contribution in [-0.4, -0.2) is 11.2 Å². The lowest BCUT2D eigenvalue weighted by Gasteiger charge is -2.00. The molecular weight excluding hydrogens is 208 g/mol. The van der Waals surface area contributed by atoms with Gasteiger partial charge in [0, 0.05) is 11.0 Å². The van der Waals surface area contributed by atoms with Crippen molar-refractivity contribution in [2.24, 2.45) is 11.5 Å². The summed E-state index contributed by atoms with van der Waals surface area (Å²) in [5, 5.41) is 0.569. The SMILES string of the molecule is C/C=C(N)\C(=C/CBr)C(N)=O. The molecule has 4 N–H and O–H groups in total. The first kappa shape index (κ1) is 10.2. The average Bonchev–Trinajstić information content (AvgIpc) is 1.98. The molecule has 0 aliphatic carbocycles. The molecule has 11 heavy (non-hydrogen) atoms. The zero-order valence-electron chi connectivity index (χ0n) is 6.30. The van der Waals surface area contributed by atoms with E-state index in [0.717, 1.165) is 0 Å². The summed E-state index contributed by atoms with van der Waals surface area (Å²) in [4.78, 5) is 10.7. The molecule has 0 spiro atoms. The number of allylic oxidation sites excluding steroid dienone is 2. The molecule has 0 saturated heterocycles. The molecule has 0 saturated carbocycles.